The van der Waals surface area contributed by atoms with Crippen molar-refractivity contribution >= 4 is 28.3 Å². The largest absolute Gasteiger partial charge is 0.361 e. The van der Waals surface area contributed by atoms with E-state index in [1.54, 1.807) is 16.8 Å². The quantitative estimate of drug-likeness (QED) is 0.469. The van der Waals surface area contributed by atoms with Crippen LogP contribution in [0.5, 0.6) is 0 Å². The van der Waals surface area contributed by atoms with Crippen LogP contribution in [0, 0.1) is 11.6 Å². The van der Waals surface area contributed by atoms with Gasteiger partial charge >= 0.3 is 0 Å². The van der Waals surface area contributed by atoms with E-state index in [0.29, 0.717) is 17.0 Å². The van der Waals surface area contributed by atoms with Gasteiger partial charge in [-0.1, -0.05) is 12.1 Å². The maximum Gasteiger partial charge on any atom is 0.229 e. The summed E-state index contributed by atoms with van der Waals surface area (Å²) in [7, 11) is 0. The number of nitrogens with zero attached hydrogens (tertiary/aromatic N) is 3. The van der Waals surface area contributed by atoms with Crippen molar-refractivity contribution in [2.24, 2.45) is 0 Å². The molecule has 2 N–H and O–H groups in total. The number of amides is 1. The fourth-order valence-corrected chi connectivity index (χ4v) is 3.37. The summed E-state index contributed by atoms with van der Waals surface area (Å²) < 4.78 is 28.2. The van der Waals surface area contributed by atoms with Gasteiger partial charge < -0.3 is 10.3 Å². The molecule has 0 fully saturated rings. The highest BCUT2D eigenvalue weighted by Crippen LogP contribution is 2.24. The second kappa shape index (κ2) is 7.07. The molecular weight excluding hydrogens is 388 g/mol. The van der Waals surface area contributed by atoms with Gasteiger partial charge in [-0.3, -0.25) is 14.2 Å². The van der Waals surface area contributed by atoms with Gasteiger partial charge in [0.25, 0.3) is 0 Å². The SMILES string of the molecule is O=C(Cc1ccc(F)c(F)c1)Nc1cnc2cnc(-c3ccc4[nH]ccc4c3)cn12. The monoisotopic (exact) mass is 403 g/mol. The van der Waals surface area contributed by atoms with Crippen LogP contribution in [-0.2, 0) is 11.2 Å². The van der Waals surface area contributed by atoms with Crippen molar-refractivity contribution in [2.45, 2.75) is 6.42 Å². The number of aromatic amines is 1. The van der Waals surface area contributed by atoms with Crippen molar-refractivity contribution < 1.29 is 13.6 Å². The summed E-state index contributed by atoms with van der Waals surface area (Å²) in [6, 6.07) is 11.4. The molecule has 5 rings (SSSR count). The molecule has 0 aliphatic carbocycles. The predicted molar refractivity (Wildman–Crippen MR) is 109 cm³/mol. The molecule has 0 bridgehead atoms. The first-order valence-electron chi connectivity index (χ1n) is 9.21. The first kappa shape index (κ1) is 18.0. The molecule has 0 aliphatic rings. The van der Waals surface area contributed by atoms with E-state index < -0.39 is 11.6 Å². The van der Waals surface area contributed by atoms with Crippen molar-refractivity contribution in [3.05, 3.63) is 84.4 Å². The number of carbonyl (C=O) groups is 1. The van der Waals surface area contributed by atoms with Crippen LogP contribution in [0.3, 0.4) is 0 Å². The zero-order chi connectivity index (χ0) is 20.7. The van der Waals surface area contributed by atoms with Crippen molar-refractivity contribution in [1.29, 1.82) is 0 Å². The minimum Gasteiger partial charge on any atom is -0.361 e. The van der Waals surface area contributed by atoms with Gasteiger partial charge in [0.05, 0.1) is 24.5 Å². The van der Waals surface area contributed by atoms with Crippen LogP contribution in [0.15, 0.2) is 67.3 Å². The van der Waals surface area contributed by atoms with E-state index in [9.17, 15) is 13.6 Å². The van der Waals surface area contributed by atoms with E-state index in [1.165, 1.54) is 12.3 Å². The van der Waals surface area contributed by atoms with Crippen LogP contribution in [0.1, 0.15) is 5.56 Å². The van der Waals surface area contributed by atoms with Gasteiger partial charge in [-0.15, -0.1) is 0 Å². The van der Waals surface area contributed by atoms with E-state index in [2.05, 4.69) is 20.3 Å². The molecule has 1 amide bonds. The maximum atomic E-state index is 13.4. The Morgan fingerprint density at radius 3 is 2.80 bits per heavy atom. The molecule has 3 heterocycles. The Kier molecular flexibility index (Phi) is 4.24. The summed E-state index contributed by atoms with van der Waals surface area (Å²) in [5.41, 5.74) is 3.64. The molecule has 2 aromatic carbocycles. The summed E-state index contributed by atoms with van der Waals surface area (Å²) in [5.74, 6) is -1.83. The van der Waals surface area contributed by atoms with Gasteiger partial charge in [0.1, 0.15) is 5.82 Å². The molecule has 0 aliphatic heterocycles. The molecule has 0 saturated heterocycles. The third kappa shape index (κ3) is 3.28. The number of hydrogen-bond donors (Lipinski definition) is 2. The molecule has 148 valence electrons. The summed E-state index contributed by atoms with van der Waals surface area (Å²) in [4.78, 5) is 24.3. The number of rotatable bonds is 4. The number of halogens is 2. The third-order valence-corrected chi connectivity index (χ3v) is 4.86. The summed E-state index contributed by atoms with van der Waals surface area (Å²) >= 11 is 0. The lowest BCUT2D eigenvalue weighted by atomic mass is 10.1. The Morgan fingerprint density at radius 2 is 1.93 bits per heavy atom. The lowest BCUT2D eigenvalue weighted by Gasteiger charge is -2.07. The van der Waals surface area contributed by atoms with Gasteiger partial charge in [-0.25, -0.2) is 13.8 Å². The van der Waals surface area contributed by atoms with E-state index >= 15 is 0 Å². The number of H-pyrrole nitrogens is 1. The minimum absolute atomic E-state index is 0.0907. The molecule has 0 saturated carbocycles. The van der Waals surface area contributed by atoms with Crippen molar-refractivity contribution in [2.75, 3.05) is 5.32 Å². The standard InChI is InChI=1S/C22H15F2N5O/c23-16-3-1-13(7-17(16)24)8-22(30)28-21-11-27-20-10-26-19(12-29(20)21)14-2-4-18-15(9-14)5-6-25-18/h1-7,9-12,25H,8H2,(H,28,30). The highest BCUT2D eigenvalue weighted by atomic mass is 19.2. The Bertz CT molecular complexity index is 1410. The highest BCUT2D eigenvalue weighted by molar-refractivity contribution is 5.92. The summed E-state index contributed by atoms with van der Waals surface area (Å²) in [5, 5.41) is 3.83. The summed E-state index contributed by atoms with van der Waals surface area (Å²) in [6.07, 6.45) is 6.73. The van der Waals surface area contributed by atoms with Crippen LogP contribution < -0.4 is 5.32 Å². The molecule has 0 spiro atoms. The number of anilines is 1. The highest BCUT2D eigenvalue weighted by Gasteiger charge is 2.12. The fourth-order valence-electron chi connectivity index (χ4n) is 3.37. The zero-order valence-corrected chi connectivity index (χ0v) is 15.6. The molecule has 0 radical (unpaired) electrons. The fraction of sp³-hybridized carbons (Fsp3) is 0.0455. The predicted octanol–water partition coefficient (Wildman–Crippen LogP) is 4.34. The number of hydrogen-bond acceptors (Lipinski definition) is 3. The third-order valence-electron chi connectivity index (χ3n) is 4.86. The first-order chi connectivity index (χ1) is 14.6. The first-order valence-corrected chi connectivity index (χ1v) is 9.21. The second-order valence-electron chi connectivity index (χ2n) is 6.90. The van der Waals surface area contributed by atoms with Crippen LogP contribution in [0.4, 0.5) is 14.6 Å². The Balaban J connectivity index is 1.42. The Labute approximate surface area is 169 Å². The van der Waals surface area contributed by atoms with E-state index in [1.807, 2.05) is 30.5 Å². The normalized spacial score (nSPS) is 11.3. The zero-order valence-electron chi connectivity index (χ0n) is 15.6. The molecule has 30 heavy (non-hydrogen) atoms. The van der Waals surface area contributed by atoms with E-state index in [0.717, 1.165) is 34.3 Å². The molecule has 5 aromatic rings. The van der Waals surface area contributed by atoms with Crippen LogP contribution in [0.2, 0.25) is 0 Å². The Hall–Kier alpha value is -4.07. The second-order valence-corrected chi connectivity index (χ2v) is 6.90. The van der Waals surface area contributed by atoms with Gasteiger partial charge in [-0.2, -0.15) is 0 Å². The number of carbonyl (C=O) groups excluding carboxylic acids is 1. The van der Waals surface area contributed by atoms with E-state index in [4.69, 9.17) is 0 Å². The van der Waals surface area contributed by atoms with E-state index in [-0.39, 0.29) is 12.3 Å². The van der Waals surface area contributed by atoms with Gasteiger partial charge in [0.15, 0.2) is 17.3 Å². The summed E-state index contributed by atoms with van der Waals surface area (Å²) in [6.45, 7) is 0. The average Bonchev–Trinajstić information content (AvgIpc) is 3.37. The topological polar surface area (TPSA) is 75.1 Å². The molecule has 3 aromatic heterocycles. The maximum absolute atomic E-state index is 13.4. The number of imidazole rings is 1. The molecule has 0 unspecified atom stereocenters. The molecule has 8 heteroatoms. The number of aromatic nitrogens is 4. The number of nitrogens with one attached hydrogen (secondary N) is 2. The molecular formula is C22H15F2N5O. The number of fused-ring (bicyclic) bond motifs is 2. The smallest absolute Gasteiger partial charge is 0.229 e. The average molecular weight is 403 g/mol. The Morgan fingerprint density at radius 1 is 1.03 bits per heavy atom. The van der Waals surface area contributed by atoms with Gasteiger partial charge in [-0.05, 0) is 35.9 Å². The molecule has 6 nitrogen and oxygen atoms in total. The minimum atomic E-state index is -0.981. The number of benzene rings is 2. The lowest BCUT2D eigenvalue weighted by molar-refractivity contribution is -0.115. The lowest BCUT2D eigenvalue weighted by Crippen LogP contribution is -2.16. The van der Waals surface area contributed by atoms with Crippen LogP contribution in [0.25, 0.3) is 27.8 Å². The van der Waals surface area contributed by atoms with Crippen LogP contribution >= 0.6 is 0 Å². The van der Waals surface area contributed by atoms with Crippen molar-refractivity contribution in [3.63, 3.8) is 0 Å². The van der Waals surface area contributed by atoms with Gasteiger partial charge in [0, 0.05) is 28.9 Å². The van der Waals surface area contributed by atoms with Crippen LogP contribution in [-0.4, -0.2) is 25.3 Å². The van der Waals surface area contributed by atoms with Gasteiger partial charge in [0.2, 0.25) is 5.91 Å². The van der Waals surface area contributed by atoms with Crippen molar-refractivity contribution in [3.8, 4) is 11.3 Å². The molecule has 0 atom stereocenters. The van der Waals surface area contributed by atoms with Crippen molar-refractivity contribution in [1.82, 2.24) is 19.4 Å².